The number of hydrogen-bond acceptors (Lipinski definition) is 5. The number of rotatable bonds is 8. The average Bonchev–Trinajstić information content (AvgIpc) is 3.54. The lowest BCUT2D eigenvalue weighted by Crippen LogP contribution is -2.33. The number of aliphatic hydroxyl groups is 1. The van der Waals surface area contributed by atoms with Crippen LogP contribution in [0.3, 0.4) is 0 Å². The first-order valence-corrected chi connectivity index (χ1v) is 11.9. The molecule has 11 heteroatoms. The zero-order chi connectivity index (χ0) is 28.1. The molecule has 0 aliphatic heterocycles. The number of carboxylic acid groups (broad SMARTS) is 1. The fraction of sp³-hybridized carbons (Fsp3) is 0.214. The maximum absolute atomic E-state index is 16.3. The van der Waals surface area contributed by atoms with Crippen molar-refractivity contribution in [2.45, 2.75) is 18.9 Å². The zero-order valence-electron chi connectivity index (χ0n) is 21.2. The summed E-state index contributed by atoms with van der Waals surface area (Å²) in [5.74, 6) is -4.63. The molecule has 0 aliphatic rings. The van der Waals surface area contributed by atoms with E-state index in [4.69, 9.17) is 9.47 Å². The summed E-state index contributed by atoms with van der Waals surface area (Å²) in [6, 6.07) is 9.51. The van der Waals surface area contributed by atoms with Gasteiger partial charge >= 0.3 is 5.97 Å². The Morgan fingerprint density at radius 2 is 1.82 bits per heavy atom. The highest BCUT2D eigenvalue weighted by atomic mass is 19.2. The molecule has 0 unspecified atom stereocenters. The van der Waals surface area contributed by atoms with Gasteiger partial charge in [0.05, 0.1) is 42.4 Å². The third kappa shape index (κ3) is 4.10. The molecule has 3 N–H and O–H groups in total. The van der Waals surface area contributed by atoms with E-state index in [9.17, 15) is 23.8 Å². The zero-order valence-corrected chi connectivity index (χ0v) is 21.2. The molecule has 0 aliphatic carbocycles. The van der Waals surface area contributed by atoms with Gasteiger partial charge in [0, 0.05) is 35.6 Å². The number of ether oxygens (including phenoxy) is 2. The maximum Gasteiger partial charge on any atom is 0.335 e. The summed E-state index contributed by atoms with van der Waals surface area (Å²) in [4.78, 5) is 11.5. The summed E-state index contributed by atoms with van der Waals surface area (Å²) < 4.78 is 57.4. The molecule has 5 aromatic rings. The maximum atomic E-state index is 16.3. The molecule has 8 nitrogen and oxygen atoms in total. The Kier molecular flexibility index (Phi) is 6.57. The molecule has 3 aromatic carbocycles. The molecule has 0 spiro atoms. The third-order valence-electron chi connectivity index (χ3n) is 6.89. The van der Waals surface area contributed by atoms with Crippen LogP contribution < -0.4 is 4.74 Å². The Labute approximate surface area is 220 Å². The van der Waals surface area contributed by atoms with E-state index < -0.39 is 29.0 Å². The molecule has 0 saturated heterocycles. The van der Waals surface area contributed by atoms with Crippen LogP contribution in [-0.4, -0.2) is 51.8 Å². The van der Waals surface area contributed by atoms with Crippen molar-refractivity contribution in [3.63, 3.8) is 0 Å². The lowest BCUT2D eigenvalue weighted by Gasteiger charge is -2.30. The molecule has 5 rings (SSSR count). The second kappa shape index (κ2) is 9.75. The van der Waals surface area contributed by atoms with E-state index in [1.165, 1.54) is 55.3 Å². The van der Waals surface area contributed by atoms with Crippen molar-refractivity contribution in [2.24, 2.45) is 0 Å². The number of aromatic nitrogens is 3. The fourth-order valence-corrected chi connectivity index (χ4v) is 4.98. The topological polar surface area (TPSA) is 110 Å². The van der Waals surface area contributed by atoms with Crippen molar-refractivity contribution >= 4 is 27.8 Å². The van der Waals surface area contributed by atoms with Crippen LogP contribution in [0.15, 0.2) is 48.7 Å². The number of halogens is 3. The number of benzene rings is 3. The summed E-state index contributed by atoms with van der Waals surface area (Å²) in [6.45, 7) is 1.48. The molecule has 2 aromatic heterocycles. The van der Waals surface area contributed by atoms with Gasteiger partial charge in [0.25, 0.3) is 0 Å². The third-order valence-corrected chi connectivity index (χ3v) is 6.89. The van der Waals surface area contributed by atoms with Crippen LogP contribution in [0, 0.1) is 17.5 Å². The van der Waals surface area contributed by atoms with Crippen LogP contribution in [0.2, 0.25) is 0 Å². The first-order chi connectivity index (χ1) is 18.6. The van der Waals surface area contributed by atoms with Gasteiger partial charge in [-0.15, -0.1) is 0 Å². The minimum absolute atomic E-state index is 0.00783. The van der Waals surface area contributed by atoms with E-state index in [2.05, 4.69) is 10.2 Å². The van der Waals surface area contributed by atoms with Crippen molar-refractivity contribution < 1.29 is 37.7 Å². The van der Waals surface area contributed by atoms with Gasteiger partial charge in [-0.3, -0.25) is 5.10 Å². The number of hydrogen-bond donors (Lipinski definition) is 3. The van der Waals surface area contributed by atoms with E-state index in [0.29, 0.717) is 10.9 Å². The molecule has 0 radical (unpaired) electrons. The van der Waals surface area contributed by atoms with Gasteiger partial charge in [-0.05, 0) is 30.2 Å². The van der Waals surface area contributed by atoms with Gasteiger partial charge in [0.15, 0.2) is 17.4 Å². The second-order valence-corrected chi connectivity index (χ2v) is 9.12. The standard InChI is InChI=1S/C28H24F3N3O5/c1-4-28(37,13-38-2)26-21(14-5-7-15(8-6-14)27(35)36)22-19(9-16-12-32-33-25(16)24(22)31)34(26)17-10-18(29)23(30)20(11-17)39-3/h5-12,37H,4,13H2,1-3H3,(H,32,33)(H,35,36)/t28-/m1/s1. The number of aromatic carboxylic acids is 1. The highest BCUT2D eigenvalue weighted by Crippen LogP contribution is 2.46. The van der Waals surface area contributed by atoms with E-state index in [-0.39, 0.29) is 57.7 Å². The Morgan fingerprint density at radius 3 is 2.44 bits per heavy atom. The van der Waals surface area contributed by atoms with Crippen LogP contribution in [0.25, 0.3) is 38.6 Å². The first-order valence-electron chi connectivity index (χ1n) is 11.9. The average molecular weight is 540 g/mol. The Hall–Kier alpha value is -4.35. The normalized spacial score (nSPS) is 13.2. The Balaban J connectivity index is 2.02. The molecule has 2 heterocycles. The van der Waals surface area contributed by atoms with Crippen LogP contribution in [0.4, 0.5) is 13.2 Å². The number of aromatic amines is 1. The number of nitrogens with zero attached hydrogens (tertiary/aromatic N) is 2. The number of carboxylic acids is 1. The van der Waals surface area contributed by atoms with Crippen molar-refractivity contribution in [3.05, 3.63) is 77.4 Å². The minimum atomic E-state index is -1.74. The highest BCUT2D eigenvalue weighted by Gasteiger charge is 2.38. The molecule has 0 bridgehead atoms. The molecule has 0 saturated carbocycles. The number of H-pyrrole nitrogens is 1. The van der Waals surface area contributed by atoms with Gasteiger partial charge in [-0.1, -0.05) is 19.1 Å². The van der Waals surface area contributed by atoms with Crippen molar-refractivity contribution in [1.82, 2.24) is 14.8 Å². The number of fused-ring (bicyclic) bond motifs is 2. The number of nitrogens with one attached hydrogen (secondary N) is 1. The smallest absolute Gasteiger partial charge is 0.335 e. The Bertz CT molecular complexity index is 1730. The van der Waals surface area contributed by atoms with Gasteiger partial charge in [-0.2, -0.15) is 9.49 Å². The largest absolute Gasteiger partial charge is 0.493 e. The number of carbonyl (C=O) groups is 1. The predicted molar refractivity (Wildman–Crippen MR) is 138 cm³/mol. The molecular formula is C28H24F3N3O5. The lowest BCUT2D eigenvalue weighted by molar-refractivity contribution is -0.0422. The summed E-state index contributed by atoms with van der Waals surface area (Å²) >= 11 is 0. The van der Waals surface area contributed by atoms with E-state index in [1.54, 1.807) is 13.0 Å². The van der Waals surface area contributed by atoms with Crippen LogP contribution in [-0.2, 0) is 10.3 Å². The quantitative estimate of drug-likeness (QED) is 0.239. The van der Waals surface area contributed by atoms with Crippen molar-refractivity contribution in [3.8, 4) is 22.6 Å². The molecular weight excluding hydrogens is 515 g/mol. The molecule has 0 fully saturated rings. The Morgan fingerprint density at radius 1 is 1.10 bits per heavy atom. The van der Waals surface area contributed by atoms with Gasteiger partial charge in [0.2, 0.25) is 5.82 Å². The summed E-state index contributed by atoms with van der Waals surface area (Å²) in [6.07, 6.45) is 1.52. The second-order valence-electron chi connectivity index (χ2n) is 9.12. The van der Waals surface area contributed by atoms with E-state index in [1.807, 2.05) is 0 Å². The molecule has 202 valence electrons. The van der Waals surface area contributed by atoms with Gasteiger partial charge in [0.1, 0.15) is 11.1 Å². The van der Waals surface area contributed by atoms with E-state index >= 15 is 4.39 Å². The SMILES string of the molecule is CC[C@@](O)(COC)c1c(-c2ccc(C(=O)O)cc2)c2c(F)c3[nH]ncc3cc2n1-c1cc(F)c(F)c(OC)c1. The van der Waals surface area contributed by atoms with Gasteiger partial charge < -0.3 is 24.3 Å². The molecule has 0 amide bonds. The predicted octanol–water partition coefficient (Wildman–Crippen LogP) is 5.54. The summed E-state index contributed by atoms with van der Waals surface area (Å²) in [5, 5.41) is 28.4. The summed E-state index contributed by atoms with van der Waals surface area (Å²) in [7, 11) is 2.58. The lowest BCUT2D eigenvalue weighted by atomic mass is 9.89. The molecule has 1 atom stereocenters. The highest BCUT2D eigenvalue weighted by molar-refractivity contribution is 6.06. The number of methoxy groups -OCH3 is 2. The van der Waals surface area contributed by atoms with Crippen LogP contribution in [0.5, 0.6) is 5.75 Å². The van der Waals surface area contributed by atoms with E-state index in [0.717, 1.165) is 6.07 Å². The van der Waals surface area contributed by atoms with Gasteiger partial charge in [-0.25, -0.2) is 13.6 Å². The van der Waals surface area contributed by atoms with Crippen LogP contribution >= 0.6 is 0 Å². The first kappa shape index (κ1) is 26.3. The van der Waals surface area contributed by atoms with Crippen LogP contribution in [0.1, 0.15) is 29.4 Å². The minimum Gasteiger partial charge on any atom is -0.493 e. The fourth-order valence-electron chi connectivity index (χ4n) is 4.98. The van der Waals surface area contributed by atoms with Crippen molar-refractivity contribution in [1.29, 1.82) is 0 Å². The molecule has 39 heavy (non-hydrogen) atoms. The monoisotopic (exact) mass is 539 g/mol. The van der Waals surface area contributed by atoms with Crippen molar-refractivity contribution in [2.75, 3.05) is 20.8 Å². The summed E-state index contributed by atoms with van der Waals surface area (Å²) in [5.41, 5.74) is -0.607.